The van der Waals surface area contributed by atoms with Crippen LogP contribution in [0, 0.1) is 15.9 Å². The molecule has 0 N–H and O–H groups in total. The van der Waals surface area contributed by atoms with E-state index in [4.69, 9.17) is 16.3 Å². The van der Waals surface area contributed by atoms with Gasteiger partial charge in [0, 0.05) is 11.6 Å². The maximum Gasteiger partial charge on any atom is 0.338 e. The number of nitro benzene ring substituents is 1. The van der Waals surface area contributed by atoms with Gasteiger partial charge in [0.05, 0.1) is 16.1 Å². The maximum atomic E-state index is 14.1. The number of benzene rings is 2. The standard InChI is InChI=1S/C18H15ClFNO5/c1-18(2,3)26-17(23)11-4-6-14(20)12(8-11)16(22)10-5-7-15(21(24)25)13(19)9-10/h4-9H,1-3H3. The summed E-state index contributed by atoms with van der Waals surface area (Å²) in [6.45, 7) is 5.04. The van der Waals surface area contributed by atoms with Crippen LogP contribution < -0.4 is 0 Å². The topological polar surface area (TPSA) is 86.5 Å². The molecule has 8 heteroatoms. The van der Waals surface area contributed by atoms with Crippen LogP contribution in [0.3, 0.4) is 0 Å². The average molecular weight is 380 g/mol. The first-order valence-corrected chi connectivity index (χ1v) is 7.89. The summed E-state index contributed by atoms with van der Waals surface area (Å²) in [7, 11) is 0. The first kappa shape index (κ1) is 19.5. The number of nitro groups is 1. The lowest BCUT2D eigenvalue weighted by molar-refractivity contribution is -0.384. The molecule has 0 amide bonds. The minimum atomic E-state index is -0.836. The van der Waals surface area contributed by atoms with Crippen LogP contribution in [0.4, 0.5) is 10.1 Å². The van der Waals surface area contributed by atoms with Gasteiger partial charge in [0.2, 0.25) is 0 Å². The summed E-state index contributed by atoms with van der Waals surface area (Å²) in [4.78, 5) is 34.7. The summed E-state index contributed by atoms with van der Waals surface area (Å²) in [6, 6.07) is 6.60. The van der Waals surface area contributed by atoms with E-state index in [-0.39, 0.29) is 27.4 Å². The lowest BCUT2D eigenvalue weighted by atomic mass is 10.0. The Labute approximate surface area is 153 Å². The molecule has 2 aromatic rings. The van der Waals surface area contributed by atoms with Crippen LogP contribution >= 0.6 is 11.6 Å². The monoisotopic (exact) mass is 379 g/mol. The normalized spacial score (nSPS) is 11.1. The van der Waals surface area contributed by atoms with Crippen molar-refractivity contribution in [2.45, 2.75) is 26.4 Å². The predicted octanol–water partition coefficient (Wildman–Crippen LogP) is 4.57. The molecule has 26 heavy (non-hydrogen) atoms. The molecule has 0 atom stereocenters. The van der Waals surface area contributed by atoms with E-state index in [2.05, 4.69) is 0 Å². The van der Waals surface area contributed by atoms with E-state index in [0.29, 0.717) is 0 Å². The molecule has 0 saturated heterocycles. The predicted molar refractivity (Wildman–Crippen MR) is 93.1 cm³/mol. The van der Waals surface area contributed by atoms with E-state index >= 15 is 0 Å². The van der Waals surface area contributed by atoms with Crippen molar-refractivity contribution >= 4 is 29.0 Å². The molecule has 0 aliphatic heterocycles. The largest absolute Gasteiger partial charge is 0.456 e. The van der Waals surface area contributed by atoms with Crippen molar-refractivity contribution in [1.82, 2.24) is 0 Å². The summed E-state index contributed by atoms with van der Waals surface area (Å²) in [6.07, 6.45) is 0. The number of halogens is 2. The molecule has 0 aliphatic carbocycles. The minimum Gasteiger partial charge on any atom is -0.456 e. The van der Waals surface area contributed by atoms with E-state index in [1.54, 1.807) is 20.8 Å². The quantitative estimate of drug-likeness (QED) is 0.336. The van der Waals surface area contributed by atoms with Gasteiger partial charge in [-0.2, -0.15) is 0 Å². The highest BCUT2D eigenvalue weighted by Gasteiger charge is 2.22. The highest BCUT2D eigenvalue weighted by atomic mass is 35.5. The molecule has 0 bridgehead atoms. The number of esters is 1. The van der Waals surface area contributed by atoms with E-state index in [1.807, 2.05) is 0 Å². The molecule has 0 saturated carbocycles. The van der Waals surface area contributed by atoms with Crippen LogP contribution in [-0.4, -0.2) is 22.3 Å². The van der Waals surface area contributed by atoms with E-state index < -0.39 is 28.1 Å². The van der Waals surface area contributed by atoms with Gasteiger partial charge in [0.25, 0.3) is 5.69 Å². The van der Waals surface area contributed by atoms with E-state index in [1.165, 1.54) is 12.1 Å². The van der Waals surface area contributed by atoms with Crippen LogP contribution in [0.1, 0.15) is 47.1 Å². The number of carbonyl (C=O) groups excluding carboxylic acids is 2. The van der Waals surface area contributed by atoms with Crippen molar-refractivity contribution in [3.05, 3.63) is 74.0 Å². The van der Waals surface area contributed by atoms with Gasteiger partial charge >= 0.3 is 5.97 Å². The summed E-state index contributed by atoms with van der Waals surface area (Å²) < 4.78 is 19.3. The zero-order valence-electron chi connectivity index (χ0n) is 14.2. The summed E-state index contributed by atoms with van der Waals surface area (Å²) in [5.74, 6) is -2.30. The van der Waals surface area contributed by atoms with Crippen LogP contribution in [0.15, 0.2) is 36.4 Å². The third-order valence-corrected chi connectivity index (χ3v) is 3.55. The number of hydrogen-bond acceptors (Lipinski definition) is 5. The highest BCUT2D eigenvalue weighted by Crippen LogP contribution is 2.27. The minimum absolute atomic E-state index is 0.0117. The number of rotatable bonds is 4. The van der Waals surface area contributed by atoms with Gasteiger partial charge in [0.15, 0.2) is 5.78 Å². The Kier molecular flexibility index (Phi) is 5.41. The van der Waals surface area contributed by atoms with Crippen LogP contribution in [-0.2, 0) is 4.74 Å². The smallest absolute Gasteiger partial charge is 0.338 e. The number of carbonyl (C=O) groups is 2. The summed E-state index contributed by atoms with van der Waals surface area (Å²) in [5.41, 5.74) is -1.51. The van der Waals surface area contributed by atoms with Crippen molar-refractivity contribution in [1.29, 1.82) is 0 Å². The first-order valence-electron chi connectivity index (χ1n) is 7.51. The fourth-order valence-electron chi connectivity index (χ4n) is 2.11. The number of ketones is 1. The fraction of sp³-hybridized carbons (Fsp3) is 0.222. The van der Waals surface area contributed by atoms with Crippen molar-refractivity contribution < 1.29 is 23.6 Å². The van der Waals surface area contributed by atoms with Crippen molar-refractivity contribution in [3.8, 4) is 0 Å². The van der Waals surface area contributed by atoms with E-state index in [0.717, 1.165) is 24.3 Å². The van der Waals surface area contributed by atoms with Gasteiger partial charge < -0.3 is 4.74 Å². The number of hydrogen-bond donors (Lipinski definition) is 0. The lowest BCUT2D eigenvalue weighted by Crippen LogP contribution is -2.24. The molecule has 0 fully saturated rings. The van der Waals surface area contributed by atoms with Crippen molar-refractivity contribution in [3.63, 3.8) is 0 Å². The molecule has 0 unspecified atom stereocenters. The summed E-state index contributed by atoms with van der Waals surface area (Å²) >= 11 is 5.79. The van der Waals surface area contributed by atoms with Crippen LogP contribution in [0.5, 0.6) is 0 Å². The second-order valence-electron chi connectivity index (χ2n) is 6.45. The SMILES string of the molecule is CC(C)(C)OC(=O)c1ccc(F)c(C(=O)c2ccc([N+](=O)[O-])c(Cl)c2)c1. The molecule has 0 spiro atoms. The molecule has 136 valence electrons. The van der Waals surface area contributed by atoms with Gasteiger partial charge in [-0.1, -0.05) is 11.6 Å². The molecule has 2 aromatic carbocycles. The summed E-state index contributed by atoms with van der Waals surface area (Å²) in [5, 5.41) is 10.5. The third kappa shape index (κ3) is 4.43. The van der Waals surface area contributed by atoms with Gasteiger partial charge in [0.1, 0.15) is 16.4 Å². The fourth-order valence-corrected chi connectivity index (χ4v) is 2.36. The zero-order chi connectivity index (χ0) is 19.6. The Balaban J connectivity index is 2.40. The third-order valence-electron chi connectivity index (χ3n) is 3.25. The van der Waals surface area contributed by atoms with Gasteiger partial charge in [-0.15, -0.1) is 0 Å². The molecular weight excluding hydrogens is 365 g/mol. The Morgan fingerprint density at radius 2 is 1.73 bits per heavy atom. The number of ether oxygens (including phenoxy) is 1. The Morgan fingerprint density at radius 3 is 2.27 bits per heavy atom. The van der Waals surface area contributed by atoms with E-state index in [9.17, 15) is 24.1 Å². The molecule has 0 radical (unpaired) electrons. The zero-order valence-corrected chi connectivity index (χ0v) is 15.0. The molecule has 0 aromatic heterocycles. The van der Waals surface area contributed by atoms with Crippen molar-refractivity contribution in [2.24, 2.45) is 0 Å². The highest BCUT2D eigenvalue weighted by molar-refractivity contribution is 6.33. The van der Waals surface area contributed by atoms with Gasteiger partial charge in [-0.3, -0.25) is 14.9 Å². The molecule has 2 rings (SSSR count). The van der Waals surface area contributed by atoms with Crippen LogP contribution in [0.25, 0.3) is 0 Å². The van der Waals surface area contributed by atoms with Crippen molar-refractivity contribution in [2.75, 3.05) is 0 Å². The molecule has 0 aliphatic rings. The average Bonchev–Trinajstić information content (AvgIpc) is 2.52. The molecule has 6 nitrogen and oxygen atoms in total. The van der Waals surface area contributed by atoms with Crippen LogP contribution in [0.2, 0.25) is 5.02 Å². The molecule has 0 heterocycles. The first-order chi connectivity index (χ1) is 12.0. The maximum absolute atomic E-state index is 14.1. The lowest BCUT2D eigenvalue weighted by Gasteiger charge is -2.19. The van der Waals surface area contributed by atoms with Gasteiger partial charge in [-0.25, -0.2) is 9.18 Å². The second kappa shape index (κ2) is 7.21. The Morgan fingerprint density at radius 1 is 1.12 bits per heavy atom. The Hall–Kier alpha value is -2.80. The number of nitrogens with zero attached hydrogens (tertiary/aromatic N) is 1. The Bertz CT molecular complexity index is 905. The second-order valence-corrected chi connectivity index (χ2v) is 6.86. The van der Waals surface area contributed by atoms with Gasteiger partial charge in [-0.05, 0) is 51.1 Å². The molecular formula is C18H15ClFNO5.